The lowest BCUT2D eigenvalue weighted by molar-refractivity contribution is -0.136. The summed E-state index contributed by atoms with van der Waals surface area (Å²) < 4.78 is 0. The zero-order valence-corrected chi connectivity index (χ0v) is 12.7. The SMILES string of the molecule is O=C(NC[C@H]1C[C@@H]2C=C[C@H]1C2)C(=O)Nc1ccc2cc[nH]c2c1. The van der Waals surface area contributed by atoms with Crippen molar-refractivity contribution < 1.29 is 9.59 Å². The molecule has 1 heterocycles. The molecule has 23 heavy (non-hydrogen) atoms. The number of nitrogens with one attached hydrogen (secondary N) is 3. The molecule has 3 atom stereocenters. The Bertz CT molecular complexity index is 792. The molecular weight excluding hydrogens is 290 g/mol. The molecule has 1 saturated carbocycles. The summed E-state index contributed by atoms with van der Waals surface area (Å²) in [6, 6.07) is 7.47. The minimum atomic E-state index is -0.616. The van der Waals surface area contributed by atoms with Crippen molar-refractivity contribution in [3.8, 4) is 0 Å². The number of aromatic amines is 1. The second kappa shape index (κ2) is 5.57. The maximum Gasteiger partial charge on any atom is 0.313 e. The maximum absolute atomic E-state index is 12.0. The van der Waals surface area contributed by atoms with Crippen LogP contribution in [0.15, 0.2) is 42.6 Å². The van der Waals surface area contributed by atoms with Crippen molar-refractivity contribution in [3.05, 3.63) is 42.6 Å². The van der Waals surface area contributed by atoms with Gasteiger partial charge >= 0.3 is 11.8 Å². The molecule has 1 aromatic heterocycles. The van der Waals surface area contributed by atoms with E-state index in [-0.39, 0.29) is 0 Å². The third kappa shape index (κ3) is 2.74. The first-order valence-corrected chi connectivity index (χ1v) is 8.04. The highest BCUT2D eigenvalue weighted by atomic mass is 16.2. The topological polar surface area (TPSA) is 74.0 Å². The monoisotopic (exact) mass is 309 g/mol. The summed E-state index contributed by atoms with van der Waals surface area (Å²) in [6.07, 6.45) is 8.67. The Morgan fingerprint density at radius 3 is 2.83 bits per heavy atom. The highest BCUT2D eigenvalue weighted by Crippen LogP contribution is 2.42. The van der Waals surface area contributed by atoms with Gasteiger partial charge in [-0.2, -0.15) is 0 Å². The molecule has 3 N–H and O–H groups in total. The largest absolute Gasteiger partial charge is 0.361 e. The van der Waals surface area contributed by atoms with E-state index < -0.39 is 11.8 Å². The van der Waals surface area contributed by atoms with Gasteiger partial charge in [-0.3, -0.25) is 9.59 Å². The smallest absolute Gasteiger partial charge is 0.313 e. The van der Waals surface area contributed by atoms with Crippen LogP contribution in [0.1, 0.15) is 12.8 Å². The molecule has 2 aromatic rings. The van der Waals surface area contributed by atoms with Crippen molar-refractivity contribution in [2.75, 3.05) is 11.9 Å². The van der Waals surface area contributed by atoms with E-state index in [0.29, 0.717) is 30.0 Å². The van der Waals surface area contributed by atoms with Crippen molar-refractivity contribution in [3.63, 3.8) is 0 Å². The molecule has 5 heteroatoms. The summed E-state index contributed by atoms with van der Waals surface area (Å²) in [6.45, 7) is 0.577. The van der Waals surface area contributed by atoms with Gasteiger partial charge in [-0.1, -0.05) is 18.2 Å². The van der Waals surface area contributed by atoms with Gasteiger partial charge in [-0.15, -0.1) is 0 Å². The van der Waals surface area contributed by atoms with Gasteiger partial charge in [0.15, 0.2) is 0 Å². The van der Waals surface area contributed by atoms with Gasteiger partial charge in [-0.25, -0.2) is 0 Å². The summed E-state index contributed by atoms with van der Waals surface area (Å²) in [5.74, 6) is 0.525. The van der Waals surface area contributed by atoms with E-state index in [1.165, 1.54) is 6.42 Å². The number of carbonyl (C=O) groups is 2. The van der Waals surface area contributed by atoms with Gasteiger partial charge in [-0.05, 0) is 54.2 Å². The molecule has 118 valence electrons. The second-order valence-electron chi connectivity index (χ2n) is 6.48. The lowest BCUT2D eigenvalue weighted by atomic mass is 9.94. The Labute approximate surface area is 134 Å². The van der Waals surface area contributed by atoms with E-state index in [9.17, 15) is 9.59 Å². The molecule has 2 amide bonds. The third-order valence-electron chi connectivity index (χ3n) is 4.96. The van der Waals surface area contributed by atoms with Crippen molar-refractivity contribution in [1.82, 2.24) is 10.3 Å². The van der Waals surface area contributed by atoms with Gasteiger partial charge in [0.05, 0.1) is 0 Å². The van der Waals surface area contributed by atoms with E-state index in [2.05, 4.69) is 27.8 Å². The molecule has 0 spiro atoms. The molecule has 0 saturated heterocycles. The van der Waals surface area contributed by atoms with E-state index in [4.69, 9.17) is 0 Å². The fourth-order valence-electron chi connectivity index (χ4n) is 3.75. The number of benzene rings is 1. The van der Waals surface area contributed by atoms with Crippen LogP contribution in [0.5, 0.6) is 0 Å². The number of H-pyrrole nitrogens is 1. The average molecular weight is 309 g/mol. The van der Waals surface area contributed by atoms with E-state index in [1.54, 1.807) is 6.07 Å². The molecule has 5 nitrogen and oxygen atoms in total. The lowest BCUT2D eigenvalue weighted by Crippen LogP contribution is -2.38. The van der Waals surface area contributed by atoms with Crippen LogP contribution < -0.4 is 10.6 Å². The highest BCUT2D eigenvalue weighted by Gasteiger charge is 2.35. The molecule has 2 aliphatic carbocycles. The van der Waals surface area contributed by atoms with Crippen molar-refractivity contribution >= 4 is 28.4 Å². The number of carbonyl (C=O) groups excluding carboxylic acids is 2. The molecule has 1 aromatic carbocycles. The normalized spacial score (nSPS) is 25.0. The average Bonchev–Trinajstić information content (AvgIpc) is 3.27. The quantitative estimate of drug-likeness (QED) is 0.602. The second-order valence-corrected chi connectivity index (χ2v) is 6.48. The van der Waals surface area contributed by atoms with Crippen molar-refractivity contribution in [1.29, 1.82) is 0 Å². The van der Waals surface area contributed by atoms with Gasteiger partial charge in [0.25, 0.3) is 0 Å². The van der Waals surface area contributed by atoms with Gasteiger partial charge in [0.2, 0.25) is 0 Å². The minimum absolute atomic E-state index is 0.469. The van der Waals surface area contributed by atoms with E-state index in [1.807, 2.05) is 24.4 Å². The summed E-state index contributed by atoms with van der Waals surface area (Å²) in [5.41, 5.74) is 1.54. The van der Waals surface area contributed by atoms with Gasteiger partial charge in [0, 0.05) is 23.9 Å². The molecule has 2 bridgehead atoms. The molecule has 0 radical (unpaired) electrons. The number of anilines is 1. The third-order valence-corrected chi connectivity index (χ3v) is 4.96. The first-order chi connectivity index (χ1) is 11.2. The Kier molecular flexibility index (Phi) is 3.41. The van der Waals surface area contributed by atoms with E-state index >= 15 is 0 Å². The summed E-state index contributed by atoms with van der Waals surface area (Å²) in [4.78, 5) is 27.1. The summed E-state index contributed by atoms with van der Waals surface area (Å²) >= 11 is 0. The Hall–Kier alpha value is -2.56. The first-order valence-electron chi connectivity index (χ1n) is 8.04. The molecular formula is C18H19N3O2. The Morgan fingerprint density at radius 1 is 1.13 bits per heavy atom. The van der Waals surface area contributed by atoms with Crippen LogP contribution in [0.25, 0.3) is 10.9 Å². The predicted octanol–water partition coefficient (Wildman–Crippen LogP) is 2.43. The number of hydrogen-bond acceptors (Lipinski definition) is 2. The molecule has 0 unspecified atom stereocenters. The zero-order valence-electron chi connectivity index (χ0n) is 12.7. The number of amides is 2. The van der Waals surface area contributed by atoms with Crippen LogP contribution >= 0.6 is 0 Å². The van der Waals surface area contributed by atoms with Gasteiger partial charge in [0.1, 0.15) is 0 Å². The number of aromatic nitrogens is 1. The fourth-order valence-corrected chi connectivity index (χ4v) is 3.75. The summed E-state index contributed by atoms with van der Waals surface area (Å²) in [5, 5.41) is 6.48. The summed E-state index contributed by atoms with van der Waals surface area (Å²) in [7, 11) is 0. The van der Waals surface area contributed by atoms with E-state index in [0.717, 1.165) is 17.3 Å². The van der Waals surface area contributed by atoms with Crippen molar-refractivity contribution in [2.24, 2.45) is 17.8 Å². The Morgan fingerprint density at radius 2 is 2.04 bits per heavy atom. The Balaban J connectivity index is 1.33. The number of allylic oxidation sites excluding steroid dienone is 2. The van der Waals surface area contributed by atoms with Crippen molar-refractivity contribution in [2.45, 2.75) is 12.8 Å². The standard InChI is InChI=1S/C18H19N3O2/c22-17(20-10-14-8-11-1-2-13(14)7-11)18(23)21-15-4-3-12-5-6-19-16(12)9-15/h1-6,9,11,13-14,19H,7-8,10H2,(H,20,22)(H,21,23)/t11-,13+,14-/m1/s1. The van der Waals surface area contributed by atoms with Crippen LogP contribution in [0, 0.1) is 17.8 Å². The zero-order chi connectivity index (χ0) is 15.8. The highest BCUT2D eigenvalue weighted by molar-refractivity contribution is 6.39. The van der Waals surface area contributed by atoms with Gasteiger partial charge < -0.3 is 15.6 Å². The van der Waals surface area contributed by atoms with Crippen LogP contribution in [-0.4, -0.2) is 23.3 Å². The van der Waals surface area contributed by atoms with Crippen LogP contribution in [0.4, 0.5) is 5.69 Å². The van der Waals surface area contributed by atoms with Crippen LogP contribution in [0.3, 0.4) is 0 Å². The number of fused-ring (bicyclic) bond motifs is 3. The fraction of sp³-hybridized carbons (Fsp3) is 0.333. The predicted molar refractivity (Wildman–Crippen MR) is 88.8 cm³/mol. The number of hydrogen-bond donors (Lipinski definition) is 3. The maximum atomic E-state index is 12.0. The van der Waals surface area contributed by atoms with Crippen LogP contribution in [-0.2, 0) is 9.59 Å². The minimum Gasteiger partial charge on any atom is -0.361 e. The molecule has 4 rings (SSSR count). The molecule has 1 fully saturated rings. The molecule has 0 aliphatic heterocycles. The first kappa shape index (κ1) is 14.1. The number of rotatable bonds is 3. The van der Waals surface area contributed by atoms with Crippen LogP contribution in [0.2, 0.25) is 0 Å². The molecule has 2 aliphatic rings. The lowest BCUT2D eigenvalue weighted by Gasteiger charge is -2.18.